The number of amides is 1. The number of benzene rings is 1. The maximum Gasteiger partial charge on any atom is 0.329 e. The average molecular weight is 279 g/mol. The summed E-state index contributed by atoms with van der Waals surface area (Å²) < 4.78 is 4.73. The summed E-state index contributed by atoms with van der Waals surface area (Å²) in [5.41, 5.74) is 2.25. The van der Waals surface area contributed by atoms with E-state index in [1.54, 1.807) is 0 Å². The monoisotopic (exact) mass is 279 g/mol. The molecule has 0 fully saturated rings. The Morgan fingerprint density at radius 1 is 1.10 bits per heavy atom. The van der Waals surface area contributed by atoms with Crippen LogP contribution in [0.25, 0.3) is 0 Å². The minimum absolute atomic E-state index is 0.142. The lowest BCUT2D eigenvalue weighted by Gasteiger charge is -2.15. The number of carbonyl (C=O) groups is 2. The van der Waals surface area contributed by atoms with Gasteiger partial charge in [0.25, 0.3) is 0 Å². The van der Waals surface area contributed by atoms with Crippen LogP contribution in [0.1, 0.15) is 43.9 Å². The molecule has 0 aliphatic rings. The number of carboxylic acids is 1. The lowest BCUT2D eigenvalue weighted by molar-refractivity contribution is -0.143. The van der Waals surface area contributed by atoms with Crippen LogP contribution in [-0.4, -0.2) is 30.2 Å². The Labute approximate surface area is 118 Å². The van der Waals surface area contributed by atoms with Crippen molar-refractivity contribution in [2.24, 2.45) is 0 Å². The van der Waals surface area contributed by atoms with Gasteiger partial charge in [-0.2, -0.15) is 0 Å². The highest BCUT2D eigenvalue weighted by Gasteiger charge is 2.10. The molecule has 0 aromatic heterocycles. The van der Waals surface area contributed by atoms with Gasteiger partial charge in [0.05, 0.1) is 6.04 Å². The van der Waals surface area contributed by atoms with Crippen molar-refractivity contribution in [3.05, 3.63) is 35.4 Å². The first-order valence-corrected chi connectivity index (χ1v) is 6.59. The lowest BCUT2D eigenvalue weighted by Crippen LogP contribution is -2.30. The number of rotatable bonds is 7. The molecule has 0 aliphatic heterocycles. The van der Waals surface area contributed by atoms with Crippen LogP contribution in [0, 0.1) is 0 Å². The molecule has 0 radical (unpaired) electrons. The quantitative estimate of drug-likeness (QED) is 0.801. The number of carboxylic acid groups (broad SMARTS) is 1. The number of nitrogens with one attached hydrogen (secondary N) is 1. The predicted molar refractivity (Wildman–Crippen MR) is 75.5 cm³/mol. The van der Waals surface area contributed by atoms with E-state index < -0.39 is 12.6 Å². The molecule has 110 valence electrons. The zero-order chi connectivity index (χ0) is 15.1. The molecule has 0 heterocycles. The first-order valence-electron chi connectivity index (χ1n) is 6.59. The van der Waals surface area contributed by atoms with Gasteiger partial charge in [0.2, 0.25) is 5.91 Å². The molecule has 1 atom stereocenters. The Morgan fingerprint density at radius 2 is 1.65 bits per heavy atom. The number of aliphatic carboxylic acids is 1. The fourth-order valence-electron chi connectivity index (χ4n) is 1.77. The van der Waals surface area contributed by atoms with Gasteiger partial charge in [-0.25, -0.2) is 4.79 Å². The van der Waals surface area contributed by atoms with E-state index in [1.807, 2.05) is 31.2 Å². The van der Waals surface area contributed by atoms with E-state index in [-0.39, 0.29) is 18.6 Å². The zero-order valence-electron chi connectivity index (χ0n) is 12.1. The summed E-state index contributed by atoms with van der Waals surface area (Å²) in [6.07, 6.45) is 0. The van der Waals surface area contributed by atoms with E-state index in [1.165, 1.54) is 5.56 Å². The fraction of sp³-hybridized carbons (Fsp3) is 0.467. The second kappa shape index (κ2) is 7.65. The molecule has 5 heteroatoms. The van der Waals surface area contributed by atoms with Crippen molar-refractivity contribution in [1.82, 2.24) is 5.32 Å². The van der Waals surface area contributed by atoms with Crippen LogP contribution in [0.5, 0.6) is 0 Å². The smallest absolute Gasteiger partial charge is 0.329 e. The minimum atomic E-state index is -1.09. The highest BCUT2D eigenvalue weighted by atomic mass is 16.5. The average Bonchev–Trinajstić information content (AvgIpc) is 2.38. The van der Waals surface area contributed by atoms with Crippen LogP contribution in [0.4, 0.5) is 0 Å². The first kappa shape index (κ1) is 16.2. The van der Waals surface area contributed by atoms with Gasteiger partial charge in [0, 0.05) is 0 Å². The van der Waals surface area contributed by atoms with Crippen LogP contribution >= 0.6 is 0 Å². The van der Waals surface area contributed by atoms with Gasteiger partial charge in [0.15, 0.2) is 0 Å². The van der Waals surface area contributed by atoms with Gasteiger partial charge in [-0.05, 0) is 24.0 Å². The maximum atomic E-state index is 11.6. The molecule has 0 saturated heterocycles. The Hall–Kier alpha value is -1.88. The highest BCUT2D eigenvalue weighted by molar-refractivity contribution is 5.78. The van der Waals surface area contributed by atoms with Crippen LogP contribution in [0.3, 0.4) is 0 Å². The molecule has 0 aliphatic carbocycles. The molecule has 1 amide bonds. The SMILES string of the molecule is CC(C)c1ccc(C(C)NC(=O)COCC(=O)O)cc1. The molecule has 1 unspecified atom stereocenters. The minimum Gasteiger partial charge on any atom is -0.480 e. The molecule has 0 saturated carbocycles. The number of carbonyl (C=O) groups excluding carboxylic acids is 1. The number of hydrogen-bond donors (Lipinski definition) is 2. The summed E-state index contributed by atoms with van der Waals surface area (Å²) in [6.45, 7) is 5.41. The van der Waals surface area contributed by atoms with Crippen molar-refractivity contribution in [3.63, 3.8) is 0 Å². The topological polar surface area (TPSA) is 75.6 Å². The lowest BCUT2D eigenvalue weighted by atomic mass is 9.99. The van der Waals surface area contributed by atoms with E-state index in [9.17, 15) is 9.59 Å². The summed E-state index contributed by atoms with van der Waals surface area (Å²) in [7, 11) is 0. The van der Waals surface area contributed by atoms with Gasteiger partial charge in [-0.15, -0.1) is 0 Å². The van der Waals surface area contributed by atoms with Crippen LogP contribution in [0.2, 0.25) is 0 Å². The van der Waals surface area contributed by atoms with Crippen molar-refractivity contribution in [2.75, 3.05) is 13.2 Å². The molecule has 1 rings (SSSR count). The summed E-state index contributed by atoms with van der Waals surface area (Å²) in [6, 6.07) is 7.92. The van der Waals surface area contributed by atoms with Gasteiger partial charge >= 0.3 is 5.97 Å². The first-order chi connectivity index (χ1) is 9.40. The van der Waals surface area contributed by atoms with Crippen molar-refractivity contribution in [2.45, 2.75) is 32.7 Å². The normalized spacial score (nSPS) is 12.2. The molecule has 0 bridgehead atoms. The van der Waals surface area contributed by atoms with Crippen molar-refractivity contribution >= 4 is 11.9 Å². The van der Waals surface area contributed by atoms with E-state index in [4.69, 9.17) is 9.84 Å². The van der Waals surface area contributed by atoms with Gasteiger partial charge < -0.3 is 15.2 Å². The second-order valence-electron chi connectivity index (χ2n) is 5.00. The van der Waals surface area contributed by atoms with E-state index >= 15 is 0 Å². The molecular formula is C15H21NO4. The Morgan fingerprint density at radius 3 is 2.15 bits per heavy atom. The van der Waals surface area contributed by atoms with E-state index in [2.05, 4.69) is 19.2 Å². The largest absolute Gasteiger partial charge is 0.480 e. The second-order valence-corrected chi connectivity index (χ2v) is 5.00. The highest BCUT2D eigenvalue weighted by Crippen LogP contribution is 2.18. The van der Waals surface area contributed by atoms with Crippen molar-refractivity contribution in [3.8, 4) is 0 Å². The van der Waals surface area contributed by atoms with Crippen LogP contribution < -0.4 is 5.32 Å². The molecule has 0 spiro atoms. The van der Waals surface area contributed by atoms with Gasteiger partial charge in [-0.3, -0.25) is 4.79 Å². The number of ether oxygens (including phenoxy) is 1. The van der Waals surface area contributed by atoms with Crippen molar-refractivity contribution < 1.29 is 19.4 Å². The zero-order valence-corrected chi connectivity index (χ0v) is 12.1. The number of hydrogen-bond acceptors (Lipinski definition) is 3. The van der Waals surface area contributed by atoms with Gasteiger partial charge in [-0.1, -0.05) is 38.1 Å². The summed E-state index contributed by atoms with van der Waals surface area (Å²) in [5, 5.41) is 11.2. The van der Waals surface area contributed by atoms with E-state index in [0.29, 0.717) is 5.92 Å². The van der Waals surface area contributed by atoms with E-state index in [0.717, 1.165) is 5.56 Å². The summed E-state index contributed by atoms with van der Waals surface area (Å²) in [4.78, 5) is 21.8. The molecular weight excluding hydrogens is 258 g/mol. The van der Waals surface area contributed by atoms with Crippen molar-refractivity contribution in [1.29, 1.82) is 0 Å². The molecule has 20 heavy (non-hydrogen) atoms. The Balaban J connectivity index is 2.47. The third-order valence-electron chi connectivity index (χ3n) is 2.94. The molecule has 1 aromatic carbocycles. The predicted octanol–water partition coefficient (Wildman–Crippen LogP) is 2.09. The van der Waals surface area contributed by atoms with Crippen LogP contribution in [-0.2, 0) is 14.3 Å². The maximum absolute atomic E-state index is 11.6. The third kappa shape index (κ3) is 5.40. The summed E-state index contributed by atoms with van der Waals surface area (Å²) in [5.74, 6) is -0.944. The van der Waals surface area contributed by atoms with Gasteiger partial charge in [0.1, 0.15) is 13.2 Å². The summed E-state index contributed by atoms with van der Waals surface area (Å²) >= 11 is 0. The molecule has 5 nitrogen and oxygen atoms in total. The Bertz CT molecular complexity index is 453. The standard InChI is InChI=1S/C15H21NO4/c1-10(2)12-4-6-13(7-5-12)11(3)16-14(17)8-20-9-15(18)19/h4-7,10-11H,8-9H2,1-3H3,(H,16,17)(H,18,19). The van der Waals surface area contributed by atoms with Crippen LogP contribution in [0.15, 0.2) is 24.3 Å². The fourth-order valence-corrected chi connectivity index (χ4v) is 1.77. The molecule has 2 N–H and O–H groups in total. The Kier molecular flexibility index (Phi) is 6.18. The molecule has 1 aromatic rings. The third-order valence-corrected chi connectivity index (χ3v) is 2.94.